The minimum Gasteiger partial charge on any atom is -0.349 e. The van der Waals surface area contributed by atoms with Gasteiger partial charge < -0.3 is 26.2 Å². The number of piperidine rings is 1. The number of hydrogen-bond donors (Lipinski definition) is 4. The minimum absolute atomic E-state index is 0.108. The maximum absolute atomic E-state index is 13.9. The first-order valence-electron chi connectivity index (χ1n) is 13.5. The zero-order valence-corrected chi connectivity index (χ0v) is 25.7. The van der Waals surface area contributed by atoms with Crippen molar-refractivity contribution in [1.82, 2.24) is 26.2 Å². The number of allylic oxidation sites excluding steroid dienone is 1. The summed E-state index contributed by atoms with van der Waals surface area (Å²) in [7, 11) is 0. The molecule has 2 aliphatic rings. The molecule has 0 bridgehead atoms. The van der Waals surface area contributed by atoms with Gasteiger partial charge in [0.05, 0.1) is 6.04 Å². The highest BCUT2D eigenvalue weighted by Crippen LogP contribution is 2.65. The van der Waals surface area contributed by atoms with Crippen LogP contribution in [0.25, 0.3) is 0 Å². The molecule has 5 amide bonds. The lowest BCUT2D eigenvalue weighted by Gasteiger charge is -2.38. The number of urea groups is 1. The van der Waals surface area contributed by atoms with Crippen LogP contribution in [0.15, 0.2) is 25.3 Å². The Morgan fingerprint density at radius 3 is 2.12 bits per heavy atom. The molecule has 0 spiro atoms. The zero-order chi connectivity index (χ0) is 30.6. The van der Waals surface area contributed by atoms with E-state index in [0.717, 1.165) is 0 Å². The Kier molecular flexibility index (Phi) is 10.9. The Morgan fingerprint density at radius 2 is 1.60 bits per heavy atom. The average molecular weight is 601 g/mol. The minimum atomic E-state index is -1.21. The number of nitrogens with zero attached hydrogens (tertiary/aromatic N) is 1. The second-order valence-corrected chi connectivity index (χ2v) is 14.0. The van der Waals surface area contributed by atoms with Gasteiger partial charge in [-0.25, -0.2) is 4.79 Å². The fourth-order valence-corrected chi connectivity index (χ4v) is 5.63. The number of Topliss-reactive ketones (excluding diaryl/α,β-unsaturated/α-hetero) is 1. The molecule has 4 N–H and O–H groups in total. The van der Waals surface area contributed by atoms with Crippen molar-refractivity contribution < 1.29 is 24.0 Å². The van der Waals surface area contributed by atoms with E-state index in [1.807, 2.05) is 20.8 Å². The first kappa shape index (κ1) is 33.6. The SMILES string of the molecule is C=CCCNC(=O)C(=O)[C@H](CCC=C)NC(=O)C1[C@H]2[C@@H](CN1C(=O)C(NC(=O)NC(C)(C)C)C(C)(C)C)C2(Cl)Cl. The van der Waals surface area contributed by atoms with E-state index in [1.54, 1.807) is 32.9 Å². The highest BCUT2D eigenvalue weighted by molar-refractivity contribution is 6.51. The lowest BCUT2D eigenvalue weighted by Crippen LogP contribution is -2.62. The van der Waals surface area contributed by atoms with Gasteiger partial charge >= 0.3 is 6.03 Å². The molecule has 12 heteroatoms. The van der Waals surface area contributed by atoms with E-state index in [9.17, 15) is 24.0 Å². The molecule has 0 aromatic heterocycles. The Morgan fingerprint density at radius 1 is 1.00 bits per heavy atom. The fraction of sp³-hybridized carbons (Fsp3) is 0.679. The summed E-state index contributed by atoms with van der Waals surface area (Å²) >= 11 is 12.9. The van der Waals surface area contributed by atoms with Gasteiger partial charge in [-0.2, -0.15) is 0 Å². The Balaban J connectivity index is 2.30. The second-order valence-electron chi connectivity index (χ2n) is 12.5. The molecule has 0 aromatic carbocycles. The summed E-state index contributed by atoms with van der Waals surface area (Å²) in [5, 5.41) is 10.7. The molecule has 1 aliphatic heterocycles. The van der Waals surface area contributed by atoms with Crippen molar-refractivity contribution in [1.29, 1.82) is 0 Å². The second kappa shape index (κ2) is 12.9. The molecule has 1 heterocycles. The number of carbonyl (C=O) groups excluding carboxylic acids is 5. The number of halogens is 2. The molecule has 10 nitrogen and oxygen atoms in total. The van der Waals surface area contributed by atoms with Crippen molar-refractivity contribution >= 4 is 52.7 Å². The van der Waals surface area contributed by atoms with Gasteiger partial charge in [0.2, 0.25) is 17.6 Å². The summed E-state index contributed by atoms with van der Waals surface area (Å²) < 4.78 is -1.21. The molecule has 0 aromatic rings. The largest absolute Gasteiger partial charge is 0.349 e. The van der Waals surface area contributed by atoms with Crippen molar-refractivity contribution in [2.45, 2.75) is 88.8 Å². The van der Waals surface area contributed by atoms with E-state index in [4.69, 9.17) is 23.2 Å². The number of ketones is 1. The molecule has 1 saturated heterocycles. The van der Waals surface area contributed by atoms with Crippen LogP contribution in [0.5, 0.6) is 0 Å². The summed E-state index contributed by atoms with van der Waals surface area (Å²) in [5.41, 5.74) is -1.24. The van der Waals surface area contributed by atoms with Crippen molar-refractivity contribution in [3.05, 3.63) is 25.3 Å². The number of hydrogen-bond acceptors (Lipinski definition) is 5. The van der Waals surface area contributed by atoms with E-state index in [1.165, 1.54) is 4.90 Å². The first-order valence-corrected chi connectivity index (χ1v) is 14.2. The van der Waals surface area contributed by atoms with Gasteiger partial charge in [-0.05, 0) is 45.4 Å². The van der Waals surface area contributed by atoms with E-state index >= 15 is 0 Å². The van der Waals surface area contributed by atoms with E-state index in [-0.39, 0.29) is 25.4 Å². The third kappa shape index (κ3) is 8.22. The van der Waals surface area contributed by atoms with Crippen LogP contribution in [0, 0.1) is 17.3 Å². The van der Waals surface area contributed by atoms with Crippen molar-refractivity contribution in [2.75, 3.05) is 13.1 Å². The van der Waals surface area contributed by atoms with Crippen molar-refractivity contribution in [3.63, 3.8) is 0 Å². The van der Waals surface area contributed by atoms with Crippen LogP contribution >= 0.6 is 23.2 Å². The lowest BCUT2D eigenvalue weighted by atomic mass is 9.85. The van der Waals surface area contributed by atoms with Gasteiger partial charge in [-0.3, -0.25) is 19.2 Å². The van der Waals surface area contributed by atoms with Crippen LogP contribution < -0.4 is 21.3 Å². The maximum Gasteiger partial charge on any atom is 0.315 e. The van der Waals surface area contributed by atoms with Crippen LogP contribution in [0.4, 0.5) is 4.79 Å². The molecule has 2 unspecified atom stereocenters. The molecular weight excluding hydrogens is 557 g/mol. The summed E-state index contributed by atoms with van der Waals surface area (Å²) in [6.07, 6.45) is 4.18. The zero-order valence-electron chi connectivity index (χ0n) is 24.2. The predicted octanol–water partition coefficient (Wildman–Crippen LogP) is 2.84. The van der Waals surface area contributed by atoms with Crippen molar-refractivity contribution in [2.24, 2.45) is 17.3 Å². The molecule has 1 aliphatic carbocycles. The Labute approximate surface area is 247 Å². The first-order chi connectivity index (χ1) is 18.4. The van der Waals surface area contributed by atoms with Crippen molar-refractivity contribution in [3.8, 4) is 0 Å². The molecule has 224 valence electrons. The molecule has 2 rings (SSSR count). The molecule has 2 fully saturated rings. The van der Waals surface area contributed by atoms with E-state index < -0.39 is 68.9 Å². The Hall–Kier alpha value is -2.59. The van der Waals surface area contributed by atoms with E-state index in [0.29, 0.717) is 12.8 Å². The molecule has 0 radical (unpaired) electrons. The predicted molar refractivity (Wildman–Crippen MR) is 156 cm³/mol. The van der Waals surface area contributed by atoms with Gasteiger partial charge in [0.1, 0.15) is 16.4 Å². The summed E-state index contributed by atoms with van der Waals surface area (Å²) in [4.78, 5) is 67.0. The summed E-state index contributed by atoms with van der Waals surface area (Å²) in [5.74, 6) is -3.67. The van der Waals surface area contributed by atoms with E-state index in [2.05, 4.69) is 34.4 Å². The van der Waals surface area contributed by atoms with Crippen LogP contribution in [0.3, 0.4) is 0 Å². The van der Waals surface area contributed by atoms with Crippen LogP contribution in [0.1, 0.15) is 60.8 Å². The quantitative estimate of drug-likeness (QED) is 0.118. The number of alkyl halides is 2. The maximum atomic E-state index is 13.9. The fourth-order valence-electron chi connectivity index (χ4n) is 4.80. The molecule has 40 heavy (non-hydrogen) atoms. The Bertz CT molecular complexity index is 1030. The number of likely N-dealkylation sites (tertiary alicyclic amines) is 1. The van der Waals surface area contributed by atoms with Crippen LogP contribution in [0.2, 0.25) is 0 Å². The third-order valence-corrected chi connectivity index (χ3v) is 7.98. The molecule has 5 atom stereocenters. The number of fused-ring (bicyclic) bond motifs is 1. The monoisotopic (exact) mass is 599 g/mol. The highest BCUT2D eigenvalue weighted by atomic mass is 35.5. The van der Waals surface area contributed by atoms with Gasteiger partial charge in [-0.1, -0.05) is 32.9 Å². The van der Waals surface area contributed by atoms with Gasteiger partial charge in [0.15, 0.2) is 0 Å². The van der Waals surface area contributed by atoms with Crippen LogP contribution in [-0.2, 0) is 19.2 Å². The van der Waals surface area contributed by atoms with Gasteiger partial charge in [0, 0.05) is 30.5 Å². The average Bonchev–Trinajstić information content (AvgIpc) is 3.15. The number of amides is 5. The smallest absolute Gasteiger partial charge is 0.315 e. The lowest BCUT2D eigenvalue weighted by molar-refractivity contribution is -0.144. The third-order valence-electron chi connectivity index (χ3n) is 6.91. The molecule has 1 saturated carbocycles. The highest BCUT2D eigenvalue weighted by Gasteiger charge is 2.74. The standard InChI is InChI=1S/C28H43Cl2N5O5/c1-9-11-13-17(20(36)23(38)31-14-12-10-2)32-22(37)19-18-16(28(18,29)30)15-35(19)24(39)21(26(3,4)5)33-25(40)34-27(6,7)8/h9-10,16-19,21H,1-2,11-15H2,3-8H3,(H,31,38)(H,32,37)(H2,33,34,40)/t16-,17+,18-,19?,21?/m1/s1. The summed E-state index contributed by atoms with van der Waals surface area (Å²) in [6.45, 7) is 18.4. The van der Waals surface area contributed by atoms with Gasteiger partial charge in [0.25, 0.3) is 5.91 Å². The van der Waals surface area contributed by atoms with Gasteiger partial charge in [-0.15, -0.1) is 36.4 Å². The molecular formula is C28H43Cl2N5O5. The number of carbonyl (C=O) groups is 5. The van der Waals surface area contributed by atoms with Crippen LogP contribution in [-0.4, -0.2) is 75.5 Å². The normalized spacial score (nSPS) is 22.7. The number of nitrogens with one attached hydrogen (secondary N) is 4. The number of rotatable bonds is 12. The summed E-state index contributed by atoms with van der Waals surface area (Å²) in [6, 6.07) is -3.73. The topological polar surface area (TPSA) is 137 Å².